The molecule has 33 heavy (non-hydrogen) atoms. The number of halogens is 3. The highest BCUT2D eigenvalue weighted by atomic mass is 19.4. The summed E-state index contributed by atoms with van der Waals surface area (Å²) in [5.74, 6) is -0.465. The molecule has 0 aliphatic carbocycles. The molecule has 0 radical (unpaired) electrons. The number of anilines is 1. The summed E-state index contributed by atoms with van der Waals surface area (Å²) in [7, 11) is 0. The lowest BCUT2D eigenvalue weighted by Crippen LogP contribution is -2.24. The molecule has 8 heteroatoms. The molecule has 1 saturated heterocycles. The Balaban J connectivity index is 1.80. The highest BCUT2D eigenvalue weighted by molar-refractivity contribution is 6.03. The van der Waals surface area contributed by atoms with Crippen LogP contribution in [-0.4, -0.2) is 30.1 Å². The van der Waals surface area contributed by atoms with E-state index < -0.39 is 6.36 Å². The van der Waals surface area contributed by atoms with Crippen LogP contribution in [0.1, 0.15) is 25.0 Å². The fraction of sp³-hybridized carbons (Fsp3) is 0.200. The van der Waals surface area contributed by atoms with Crippen LogP contribution in [0.2, 0.25) is 0 Å². The number of carbonyl (C=O) groups is 2. The van der Waals surface area contributed by atoms with E-state index in [0.29, 0.717) is 35.4 Å². The van der Waals surface area contributed by atoms with Gasteiger partial charge in [-0.05, 0) is 66.5 Å². The number of ether oxygens (including phenoxy) is 1. The lowest BCUT2D eigenvalue weighted by atomic mass is 9.99. The largest absolute Gasteiger partial charge is 0.573 e. The summed E-state index contributed by atoms with van der Waals surface area (Å²) in [4.78, 5) is 25.4. The van der Waals surface area contributed by atoms with E-state index in [1.807, 2.05) is 26.0 Å². The molecule has 3 rings (SSSR count). The number of amides is 2. The Morgan fingerprint density at radius 3 is 2.48 bits per heavy atom. The van der Waals surface area contributed by atoms with Crippen molar-refractivity contribution in [2.75, 3.05) is 11.9 Å². The molecule has 5 nitrogen and oxygen atoms in total. The lowest BCUT2D eigenvalue weighted by Gasteiger charge is -2.16. The summed E-state index contributed by atoms with van der Waals surface area (Å²) in [5, 5.41) is 2.60. The second-order valence-corrected chi connectivity index (χ2v) is 7.77. The number of alkyl halides is 3. The van der Waals surface area contributed by atoms with Gasteiger partial charge in [-0.25, -0.2) is 0 Å². The van der Waals surface area contributed by atoms with Gasteiger partial charge in [0.05, 0.1) is 0 Å². The summed E-state index contributed by atoms with van der Waals surface area (Å²) < 4.78 is 41.0. The smallest absolute Gasteiger partial charge is 0.406 e. The van der Waals surface area contributed by atoms with Crippen molar-refractivity contribution in [3.8, 4) is 5.75 Å². The van der Waals surface area contributed by atoms with E-state index in [2.05, 4.69) is 16.6 Å². The van der Waals surface area contributed by atoms with Gasteiger partial charge in [0.1, 0.15) is 5.75 Å². The molecule has 1 fully saturated rings. The molecule has 2 aromatic rings. The zero-order valence-corrected chi connectivity index (χ0v) is 18.2. The van der Waals surface area contributed by atoms with Crippen LogP contribution in [0.3, 0.4) is 0 Å². The van der Waals surface area contributed by atoms with Gasteiger partial charge in [-0.3, -0.25) is 9.59 Å². The maximum absolute atomic E-state index is 13.0. The van der Waals surface area contributed by atoms with Crippen molar-refractivity contribution in [3.63, 3.8) is 0 Å². The molecule has 0 bridgehead atoms. The second kappa shape index (κ2) is 9.77. The van der Waals surface area contributed by atoms with Crippen molar-refractivity contribution in [2.45, 2.75) is 26.8 Å². The SMILES string of the molecule is C=C(/C=C1/CN(Cc2ccc(OC(F)(F)F)cc2)C(=O)C1=C(C)C)c1cccc(NC=O)c1. The normalized spacial score (nSPS) is 15.1. The molecule has 1 heterocycles. The number of allylic oxidation sites excluding steroid dienone is 3. The van der Waals surface area contributed by atoms with E-state index >= 15 is 0 Å². The maximum Gasteiger partial charge on any atom is 0.573 e. The molecule has 2 amide bonds. The first-order valence-electron chi connectivity index (χ1n) is 10.1. The summed E-state index contributed by atoms with van der Waals surface area (Å²) >= 11 is 0. The molecule has 2 aromatic carbocycles. The van der Waals surface area contributed by atoms with E-state index in [0.717, 1.165) is 16.7 Å². The molecule has 1 aliphatic rings. The van der Waals surface area contributed by atoms with E-state index in [1.54, 1.807) is 23.1 Å². The van der Waals surface area contributed by atoms with E-state index in [9.17, 15) is 22.8 Å². The summed E-state index contributed by atoms with van der Waals surface area (Å²) in [6.07, 6.45) is -2.31. The van der Waals surface area contributed by atoms with Crippen LogP contribution in [-0.2, 0) is 16.1 Å². The third-order valence-corrected chi connectivity index (χ3v) is 5.02. The Morgan fingerprint density at radius 2 is 1.88 bits per heavy atom. The zero-order valence-electron chi connectivity index (χ0n) is 18.2. The van der Waals surface area contributed by atoms with E-state index in [-0.39, 0.29) is 18.2 Å². The summed E-state index contributed by atoms with van der Waals surface area (Å²) in [5.41, 5.74) is 5.04. The molecule has 0 atom stereocenters. The quantitative estimate of drug-likeness (QED) is 0.444. The topological polar surface area (TPSA) is 58.6 Å². The maximum atomic E-state index is 13.0. The molecule has 0 aromatic heterocycles. The molecular weight excluding hydrogens is 433 g/mol. The highest BCUT2D eigenvalue weighted by Crippen LogP contribution is 2.31. The molecule has 1 N–H and O–H groups in total. The van der Waals surface area contributed by atoms with Crippen LogP contribution in [0, 0.1) is 0 Å². The number of nitrogens with one attached hydrogen (secondary N) is 1. The molecule has 0 spiro atoms. The average molecular weight is 456 g/mol. The van der Waals surface area contributed by atoms with Crippen molar-refractivity contribution in [1.82, 2.24) is 4.90 Å². The molecule has 172 valence electrons. The Hall–Kier alpha value is -3.81. The number of nitrogens with zero attached hydrogens (tertiary/aromatic N) is 1. The lowest BCUT2D eigenvalue weighted by molar-refractivity contribution is -0.274. The van der Waals surface area contributed by atoms with Gasteiger partial charge < -0.3 is 15.0 Å². The number of hydrogen-bond donors (Lipinski definition) is 1. The number of benzene rings is 2. The van der Waals surface area contributed by atoms with Crippen LogP contribution in [0.5, 0.6) is 5.75 Å². The predicted octanol–water partition coefficient (Wildman–Crippen LogP) is 5.47. The fourth-order valence-electron chi connectivity index (χ4n) is 3.62. The van der Waals surface area contributed by atoms with Crippen molar-refractivity contribution in [3.05, 3.63) is 89.0 Å². The van der Waals surface area contributed by atoms with Gasteiger partial charge >= 0.3 is 6.36 Å². The minimum Gasteiger partial charge on any atom is -0.406 e. The van der Waals surface area contributed by atoms with Crippen LogP contribution in [0.25, 0.3) is 5.57 Å². The first kappa shape index (κ1) is 23.8. The molecular formula is C25H23F3N2O3. The van der Waals surface area contributed by atoms with E-state index in [1.165, 1.54) is 24.3 Å². The number of likely N-dealkylation sites (tertiary alicyclic amines) is 1. The molecule has 1 aliphatic heterocycles. The third-order valence-electron chi connectivity index (χ3n) is 5.02. The Labute approximate surface area is 189 Å². The summed E-state index contributed by atoms with van der Waals surface area (Å²) in [6.45, 7) is 8.39. The van der Waals surface area contributed by atoms with Crippen LogP contribution >= 0.6 is 0 Å². The Bertz CT molecular complexity index is 1130. The average Bonchev–Trinajstić information content (AvgIpc) is 3.03. The Morgan fingerprint density at radius 1 is 1.18 bits per heavy atom. The Kier molecular flexibility index (Phi) is 7.06. The molecule has 0 saturated carbocycles. The van der Waals surface area contributed by atoms with Crippen molar-refractivity contribution < 1.29 is 27.5 Å². The van der Waals surface area contributed by atoms with Crippen LogP contribution in [0.15, 0.2) is 77.9 Å². The zero-order chi connectivity index (χ0) is 24.2. The van der Waals surface area contributed by atoms with Gasteiger partial charge in [0.15, 0.2) is 0 Å². The van der Waals surface area contributed by atoms with Gasteiger partial charge in [-0.15, -0.1) is 13.2 Å². The fourth-order valence-corrected chi connectivity index (χ4v) is 3.62. The van der Waals surface area contributed by atoms with E-state index in [4.69, 9.17) is 0 Å². The van der Waals surface area contributed by atoms with Gasteiger partial charge in [0.25, 0.3) is 5.91 Å². The first-order chi connectivity index (χ1) is 15.6. The third kappa shape index (κ3) is 6.12. The molecule has 0 unspecified atom stereocenters. The van der Waals surface area contributed by atoms with Gasteiger partial charge in [-0.1, -0.05) is 36.4 Å². The summed E-state index contributed by atoms with van der Waals surface area (Å²) in [6, 6.07) is 12.7. The number of rotatable bonds is 7. The number of carbonyl (C=O) groups excluding carboxylic acids is 2. The van der Waals surface area contributed by atoms with Crippen LogP contribution < -0.4 is 10.1 Å². The van der Waals surface area contributed by atoms with Gasteiger partial charge in [0.2, 0.25) is 6.41 Å². The predicted molar refractivity (Wildman–Crippen MR) is 120 cm³/mol. The van der Waals surface area contributed by atoms with Crippen molar-refractivity contribution >= 4 is 23.6 Å². The monoisotopic (exact) mass is 456 g/mol. The van der Waals surface area contributed by atoms with Crippen molar-refractivity contribution in [2.24, 2.45) is 0 Å². The van der Waals surface area contributed by atoms with Crippen LogP contribution in [0.4, 0.5) is 18.9 Å². The first-order valence-corrected chi connectivity index (χ1v) is 10.1. The van der Waals surface area contributed by atoms with Gasteiger partial charge in [0, 0.05) is 24.4 Å². The number of hydrogen-bond acceptors (Lipinski definition) is 3. The minimum atomic E-state index is -4.75. The minimum absolute atomic E-state index is 0.152. The van der Waals surface area contributed by atoms with Gasteiger partial charge in [-0.2, -0.15) is 0 Å². The van der Waals surface area contributed by atoms with Crippen molar-refractivity contribution in [1.29, 1.82) is 0 Å². The highest BCUT2D eigenvalue weighted by Gasteiger charge is 2.32. The standard InChI is InChI=1S/C25H23F3N2O3/c1-16(2)23-20(11-17(3)19-5-4-6-21(12-19)29-15-31)14-30(24(23)32)13-18-7-9-22(10-8-18)33-25(26,27)28/h4-12,15H,3,13-14H2,1-2H3,(H,29,31)/b20-11-. The second-order valence-electron chi connectivity index (χ2n) is 7.77.